The van der Waals surface area contributed by atoms with E-state index in [1.807, 2.05) is 18.2 Å². The summed E-state index contributed by atoms with van der Waals surface area (Å²) >= 11 is 0. The molecule has 0 spiro atoms. The Kier molecular flexibility index (Phi) is 5.37. The van der Waals surface area contributed by atoms with Crippen molar-refractivity contribution < 1.29 is 32.0 Å². The summed E-state index contributed by atoms with van der Waals surface area (Å²) in [4.78, 5) is 14.0. The number of benzene rings is 1. The molecule has 1 N–H and O–H groups in total. The van der Waals surface area contributed by atoms with Gasteiger partial charge in [0.1, 0.15) is 0 Å². The number of hydrogen-bond donors (Lipinski definition) is 1. The summed E-state index contributed by atoms with van der Waals surface area (Å²) in [7, 11) is 0. The summed E-state index contributed by atoms with van der Waals surface area (Å²) in [6.45, 7) is 0. The van der Waals surface area contributed by atoms with Gasteiger partial charge in [0.25, 0.3) is 0 Å². The minimum Gasteiger partial charge on any atom is -0.301 e. The van der Waals surface area contributed by atoms with Crippen LogP contribution in [0.15, 0.2) is 30.3 Å². The van der Waals surface area contributed by atoms with E-state index in [1.54, 1.807) is 12.1 Å². The van der Waals surface area contributed by atoms with Crippen LogP contribution in [0.3, 0.4) is 0 Å². The van der Waals surface area contributed by atoms with Crippen molar-refractivity contribution >= 4 is 5.97 Å². The average molecular weight is 208 g/mol. The van der Waals surface area contributed by atoms with Crippen LogP contribution < -0.4 is 0 Å². The van der Waals surface area contributed by atoms with E-state index in [-0.39, 0.29) is 23.5 Å². The van der Waals surface area contributed by atoms with Gasteiger partial charge in [-0.05, 0) is 5.56 Å². The van der Waals surface area contributed by atoms with Crippen molar-refractivity contribution in [2.24, 2.45) is 0 Å². The Hall–Kier alpha value is -0.831. The van der Waals surface area contributed by atoms with Gasteiger partial charge in [-0.2, -0.15) is 5.26 Å². The quantitative estimate of drug-likeness (QED) is 0.451. The number of rotatable bonds is 2. The molecule has 1 aromatic rings. The van der Waals surface area contributed by atoms with Crippen LogP contribution >= 0.6 is 0 Å². The molecule has 1 rings (SSSR count). The summed E-state index contributed by atoms with van der Waals surface area (Å²) in [5.74, 6) is -0.642. The molecular weight excluding hydrogens is 200 g/mol. The number of hydrogen-bond acceptors (Lipinski definition) is 3. The first kappa shape index (κ1) is 11.2. The molecule has 1 aromatic carbocycles. The molecule has 63 valence electrons. The van der Waals surface area contributed by atoms with Gasteiger partial charge in [-0.15, -0.1) is 0 Å². The molecule has 1 radical (unpaired) electrons. The Morgan fingerprint density at radius 3 is 2.42 bits per heavy atom. The van der Waals surface area contributed by atoms with Crippen LogP contribution in [-0.4, -0.2) is 11.2 Å². The zero-order valence-electron chi connectivity index (χ0n) is 6.21. The second-order valence-corrected chi connectivity index (χ2v) is 2.13. The van der Waals surface area contributed by atoms with Crippen molar-refractivity contribution in [1.82, 2.24) is 0 Å². The molecular formula is C8H8FeO3+3. The van der Waals surface area contributed by atoms with E-state index in [0.717, 1.165) is 5.56 Å². The fourth-order valence-electron chi connectivity index (χ4n) is 0.795. The van der Waals surface area contributed by atoms with E-state index in [9.17, 15) is 4.79 Å². The SMILES string of the molecule is O=C(Cc1ccccc1)OO.[Fe+3]. The molecule has 0 aliphatic carbocycles. The Bertz CT molecular complexity index is 235. The summed E-state index contributed by atoms with van der Waals surface area (Å²) in [5.41, 5.74) is 0.826. The molecule has 0 saturated carbocycles. The molecule has 12 heavy (non-hydrogen) atoms. The average Bonchev–Trinajstić information content (AvgIpc) is 2.06. The van der Waals surface area contributed by atoms with Gasteiger partial charge in [0.15, 0.2) is 0 Å². The molecule has 0 bridgehead atoms. The standard InChI is InChI=1S/C8H8O3.Fe/c9-8(11-10)6-7-4-2-1-3-5-7;/h1-5,10H,6H2;/q;+3. The first-order valence-corrected chi connectivity index (χ1v) is 3.21. The Balaban J connectivity index is 0.00000121. The maximum Gasteiger partial charge on any atom is 3.00 e. The smallest absolute Gasteiger partial charge is 0.301 e. The van der Waals surface area contributed by atoms with Crippen LogP contribution in [0.4, 0.5) is 0 Å². The molecule has 0 fully saturated rings. The van der Waals surface area contributed by atoms with Gasteiger partial charge in [0.05, 0.1) is 6.42 Å². The van der Waals surface area contributed by atoms with E-state index in [4.69, 9.17) is 5.26 Å². The topological polar surface area (TPSA) is 46.5 Å². The molecule has 4 heteroatoms. The number of carbonyl (C=O) groups excluding carboxylic acids is 1. The van der Waals surface area contributed by atoms with E-state index in [0.29, 0.717) is 0 Å². The van der Waals surface area contributed by atoms with Gasteiger partial charge in [-0.1, -0.05) is 30.3 Å². The van der Waals surface area contributed by atoms with Gasteiger partial charge in [0.2, 0.25) is 0 Å². The summed E-state index contributed by atoms with van der Waals surface area (Å²) in [6.07, 6.45) is 0.108. The largest absolute Gasteiger partial charge is 3.00 e. The maximum absolute atomic E-state index is 10.5. The van der Waals surface area contributed by atoms with Crippen LogP contribution in [0.25, 0.3) is 0 Å². The Morgan fingerprint density at radius 2 is 1.92 bits per heavy atom. The Morgan fingerprint density at radius 1 is 1.33 bits per heavy atom. The third-order valence-corrected chi connectivity index (χ3v) is 1.29. The molecule has 0 aliphatic rings. The molecule has 3 nitrogen and oxygen atoms in total. The third kappa shape index (κ3) is 3.53. The molecule has 0 aliphatic heterocycles. The second kappa shape index (κ2) is 5.77. The molecule has 0 saturated heterocycles. The molecule has 0 aromatic heterocycles. The maximum atomic E-state index is 10.5. The molecule has 0 atom stereocenters. The van der Waals surface area contributed by atoms with E-state index >= 15 is 0 Å². The fraction of sp³-hybridized carbons (Fsp3) is 0.125. The minimum absolute atomic E-state index is 0. The van der Waals surface area contributed by atoms with Gasteiger partial charge >= 0.3 is 23.0 Å². The molecule has 0 heterocycles. The molecule has 0 amide bonds. The van der Waals surface area contributed by atoms with Crippen molar-refractivity contribution in [2.75, 3.05) is 0 Å². The molecule has 0 unspecified atom stereocenters. The monoisotopic (exact) mass is 208 g/mol. The van der Waals surface area contributed by atoms with Crippen molar-refractivity contribution in [3.63, 3.8) is 0 Å². The normalized spacial score (nSPS) is 8.42. The van der Waals surface area contributed by atoms with Crippen LogP contribution in [0.1, 0.15) is 5.56 Å². The summed E-state index contributed by atoms with van der Waals surface area (Å²) < 4.78 is 0. The van der Waals surface area contributed by atoms with Gasteiger partial charge in [-0.3, -0.25) is 0 Å². The van der Waals surface area contributed by atoms with Crippen LogP contribution in [0.5, 0.6) is 0 Å². The van der Waals surface area contributed by atoms with E-state index in [1.165, 1.54) is 0 Å². The van der Waals surface area contributed by atoms with Crippen LogP contribution in [0.2, 0.25) is 0 Å². The zero-order valence-corrected chi connectivity index (χ0v) is 7.32. The minimum atomic E-state index is -0.642. The first-order chi connectivity index (χ1) is 5.33. The predicted molar refractivity (Wildman–Crippen MR) is 38.9 cm³/mol. The number of carbonyl (C=O) groups is 1. The van der Waals surface area contributed by atoms with Crippen molar-refractivity contribution in [1.29, 1.82) is 0 Å². The van der Waals surface area contributed by atoms with E-state index < -0.39 is 5.97 Å². The third-order valence-electron chi connectivity index (χ3n) is 1.29. The van der Waals surface area contributed by atoms with Gasteiger partial charge in [-0.25, -0.2) is 4.79 Å². The van der Waals surface area contributed by atoms with Crippen molar-refractivity contribution in [2.45, 2.75) is 6.42 Å². The van der Waals surface area contributed by atoms with E-state index in [2.05, 4.69) is 4.89 Å². The van der Waals surface area contributed by atoms with Gasteiger partial charge in [0, 0.05) is 0 Å². The Labute approximate surface area is 80.8 Å². The van der Waals surface area contributed by atoms with Crippen LogP contribution in [-0.2, 0) is 33.2 Å². The van der Waals surface area contributed by atoms with Crippen molar-refractivity contribution in [3.05, 3.63) is 35.9 Å². The van der Waals surface area contributed by atoms with Crippen molar-refractivity contribution in [3.8, 4) is 0 Å². The van der Waals surface area contributed by atoms with Crippen LogP contribution in [0, 0.1) is 0 Å². The van der Waals surface area contributed by atoms with Gasteiger partial charge < -0.3 is 4.89 Å². The second-order valence-electron chi connectivity index (χ2n) is 2.13. The zero-order chi connectivity index (χ0) is 8.10. The summed E-state index contributed by atoms with van der Waals surface area (Å²) in [6, 6.07) is 9.07. The summed E-state index contributed by atoms with van der Waals surface area (Å²) in [5, 5.41) is 7.95. The fourth-order valence-corrected chi connectivity index (χ4v) is 0.795. The predicted octanol–water partition coefficient (Wildman–Crippen LogP) is 1.24. The first-order valence-electron chi connectivity index (χ1n) is 3.21.